The minimum absolute atomic E-state index is 0.696. The Morgan fingerprint density at radius 1 is 0.897 bits per heavy atom. The van der Waals surface area contributed by atoms with E-state index in [0.717, 1.165) is 47.7 Å². The number of para-hydroxylation sites is 1. The van der Waals surface area contributed by atoms with Gasteiger partial charge in [-0.25, -0.2) is 4.98 Å². The van der Waals surface area contributed by atoms with E-state index in [1.165, 1.54) is 0 Å². The molecule has 4 aromatic rings. The summed E-state index contributed by atoms with van der Waals surface area (Å²) in [6.07, 6.45) is 4.26. The van der Waals surface area contributed by atoms with Gasteiger partial charge in [-0.2, -0.15) is 5.10 Å². The molecule has 0 atom stereocenters. The molecule has 0 saturated carbocycles. The minimum Gasteiger partial charge on any atom is -0.385 e. The summed E-state index contributed by atoms with van der Waals surface area (Å²) >= 11 is 6.34. The second-order valence-corrected chi connectivity index (χ2v) is 7.08. The van der Waals surface area contributed by atoms with Crippen molar-refractivity contribution in [1.82, 2.24) is 14.8 Å². The molecule has 0 aliphatic carbocycles. The summed E-state index contributed by atoms with van der Waals surface area (Å²) in [7, 11) is 0. The first-order valence-electron chi connectivity index (χ1n) is 9.57. The van der Waals surface area contributed by atoms with Crippen molar-refractivity contribution in [2.45, 2.75) is 13.0 Å². The third-order valence-corrected chi connectivity index (χ3v) is 4.94. The van der Waals surface area contributed by atoms with Crippen LogP contribution in [0.25, 0.3) is 11.1 Å². The number of hydrogen-bond donors (Lipinski definition) is 2. The summed E-state index contributed by atoms with van der Waals surface area (Å²) in [5, 5.41) is 11.8. The average molecular weight is 404 g/mol. The van der Waals surface area contributed by atoms with E-state index in [-0.39, 0.29) is 0 Å². The van der Waals surface area contributed by atoms with E-state index >= 15 is 0 Å². The van der Waals surface area contributed by atoms with Crippen LogP contribution in [-0.2, 0) is 6.54 Å². The third kappa shape index (κ3) is 4.95. The first kappa shape index (κ1) is 19.0. The zero-order chi connectivity index (χ0) is 19.9. The standard InChI is InChI=1S/C23H22ClN5/c24-21-9-4-5-10-23(21)28-22-12-11-19(15-20(22)18-7-2-1-3-8-18)26-13-6-14-29-17-25-16-27-29/h1-5,7-12,15-17,26,28H,6,13-14H2. The summed E-state index contributed by atoms with van der Waals surface area (Å²) in [4.78, 5) is 3.97. The van der Waals surface area contributed by atoms with Crippen molar-refractivity contribution in [3.63, 3.8) is 0 Å². The number of hydrogen-bond acceptors (Lipinski definition) is 4. The molecule has 1 aromatic heterocycles. The lowest BCUT2D eigenvalue weighted by atomic mass is 10.0. The fourth-order valence-corrected chi connectivity index (χ4v) is 3.33. The van der Waals surface area contributed by atoms with E-state index in [4.69, 9.17) is 11.6 Å². The van der Waals surface area contributed by atoms with Crippen molar-refractivity contribution in [1.29, 1.82) is 0 Å². The summed E-state index contributed by atoms with van der Waals surface area (Å²) in [5.41, 5.74) is 5.24. The molecule has 0 amide bonds. The highest BCUT2D eigenvalue weighted by atomic mass is 35.5. The number of nitrogens with one attached hydrogen (secondary N) is 2. The van der Waals surface area contributed by atoms with Gasteiger partial charge in [0.1, 0.15) is 12.7 Å². The number of rotatable bonds is 8. The van der Waals surface area contributed by atoms with Crippen LogP contribution in [0.15, 0.2) is 85.5 Å². The smallest absolute Gasteiger partial charge is 0.137 e. The van der Waals surface area contributed by atoms with Gasteiger partial charge >= 0.3 is 0 Å². The summed E-state index contributed by atoms with van der Waals surface area (Å²) < 4.78 is 1.84. The Balaban J connectivity index is 1.53. The van der Waals surface area contributed by atoms with Crippen LogP contribution < -0.4 is 10.6 Å². The molecule has 0 bridgehead atoms. The predicted molar refractivity (Wildman–Crippen MR) is 120 cm³/mol. The van der Waals surface area contributed by atoms with E-state index in [0.29, 0.717) is 5.02 Å². The highest BCUT2D eigenvalue weighted by Crippen LogP contribution is 2.34. The second kappa shape index (κ2) is 9.26. The van der Waals surface area contributed by atoms with Crippen LogP contribution >= 0.6 is 11.6 Å². The highest BCUT2D eigenvalue weighted by molar-refractivity contribution is 6.33. The average Bonchev–Trinajstić information content (AvgIpc) is 3.28. The molecule has 0 saturated heterocycles. The molecule has 2 N–H and O–H groups in total. The molecule has 4 rings (SSSR count). The fourth-order valence-electron chi connectivity index (χ4n) is 3.15. The number of anilines is 3. The molecule has 0 radical (unpaired) electrons. The van der Waals surface area contributed by atoms with Crippen molar-refractivity contribution in [3.8, 4) is 11.1 Å². The van der Waals surface area contributed by atoms with Gasteiger partial charge < -0.3 is 10.6 Å². The zero-order valence-corrected chi connectivity index (χ0v) is 16.7. The SMILES string of the molecule is Clc1ccccc1Nc1ccc(NCCCn2cncn2)cc1-c1ccccc1. The maximum absolute atomic E-state index is 6.34. The van der Waals surface area contributed by atoms with Crippen molar-refractivity contribution in [2.24, 2.45) is 0 Å². The van der Waals surface area contributed by atoms with E-state index < -0.39 is 0 Å². The summed E-state index contributed by atoms with van der Waals surface area (Å²) in [6.45, 7) is 1.69. The molecule has 3 aromatic carbocycles. The molecule has 6 heteroatoms. The third-order valence-electron chi connectivity index (χ3n) is 4.61. The quantitative estimate of drug-likeness (QED) is 0.362. The molecule has 0 aliphatic rings. The van der Waals surface area contributed by atoms with Crippen molar-refractivity contribution >= 4 is 28.7 Å². The van der Waals surface area contributed by atoms with Gasteiger partial charge in [-0.1, -0.05) is 54.1 Å². The maximum Gasteiger partial charge on any atom is 0.137 e. The summed E-state index contributed by atoms with van der Waals surface area (Å²) in [5.74, 6) is 0. The normalized spacial score (nSPS) is 10.7. The number of aromatic nitrogens is 3. The molecule has 0 fully saturated rings. The van der Waals surface area contributed by atoms with Gasteiger partial charge in [-0.05, 0) is 42.3 Å². The molecule has 0 aliphatic heterocycles. The van der Waals surface area contributed by atoms with Gasteiger partial charge in [0.2, 0.25) is 0 Å². The first-order chi connectivity index (χ1) is 14.3. The molecule has 29 heavy (non-hydrogen) atoms. The Morgan fingerprint density at radius 3 is 2.52 bits per heavy atom. The van der Waals surface area contributed by atoms with Crippen LogP contribution in [-0.4, -0.2) is 21.3 Å². The predicted octanol–water partition coefficient (Wildman–Crippen LogP) is 5.84. The zero-order valence-electron chi connectivity index (χ0n) is 15.9. The number of benzene rings is 3. The van der Waals surface area contributed by atoms with Gasteiger partial charge in [0.25, 0.3) is 0 Å². The minimum atomic E-state index is 0.696. The van der Waals surface area contributed by atoms with Crippen LogP contribution in [0.1, 0.15) is 6.42 Å². The number of aryl methyl sites for hydroxylation is 1. The second-order valence-electron chi connectivity index (χ2n) is 6.67. The fraction of sp³-hybridized carbons (Fsp3) is 0.130. The van der Waals surface area contributed by atoms with Crippen LogP contribution in [0.4, 0.5) is 17.1 Å². The van der Waals surface area contributed by atoms with Gasteiger partial charge in [-0.15, -0.1) is 0 Å². The lowest BCUT2D eigenvalue weighted by Gasteiger charge is -2.16. The molecule has 146 valence electrons. The molecule has 5 nitrogen and oxygen atoms in total. The Hall–Kier alpha value is -3.31. The van der Waals surface area contributed by atoms with Gasteiger partial charge in [0, 0.05) is 30.0 Å². The van der Waals surface area contributed by atoms with Crippen LogP contribution in [0, 0.1) is 0 Å². The molecule has 0 spiro atoms. The molecule has 0 unspecified atom stereocenters. The maximum atomic E-state index is 6.34. The Kier molecular flexibility index (Phi) is 6.07. The largest absolute Gasteiger partial charge is 0.385 e. The van der Waals surface area contributed by atoms with Gasteiger partial charge in [-0.3, -0.25) is 4.68 Å². The van der Waals surface area contributed by atoms with Gasteiger partial charge in [0.15, 0.2) is 0 Å². The number of nitrogens with zero attached hydrogens (tertiary/aromatic N) is 3. The lowest BCUT2D eigenvalue weighted by Crippen LogP contribution is -2.07. The Labute approximate surface area is 175 Å². The Bertz CT molecular complexity index is 1050. The van der Waals surface area contributed by atoms with E-state index in [9.17, 15) is 0 Å². The summed E-state index contributed by atoms with van der Waals surface area (Å²) in [6, 6.07) is 24.5. The monoisotopic (exact) mass is 403 g/mol. The first-order valence-corrected chi connectivity index (χ1v) is 9.95. The number of halogens is 1. The van der Waals surface area contributed by atoms with E-state index in [1.807, 2.05) is 47.1 Å². The van der Waals surface area contributed by atoms with Crippen LogP contribution in [0.3, 0.4) is 0 Å². The topological polar surface area (TPSA) is 54.8 Å². The van der Waals surface area contributed by atoms with Crippen LogP contribution in [0.2, 0.25) is 5.02 Å². The lowest BCUT2D eigenvalue weighted by molar-refractivity contribution is 0.590. The van der Waals surface area contributed by atoms with Crippen molar-refractivity contribution in [3.05, 3.63) is 90.5 Å². The Morgan fingerprint density at radius 2 is 1.72 bits per heavy atom. The van der Waals surface area contributed by atoms with Crippen LogP contribution in [0.5, 0.6) is 0 Å². The molecule has 1 heterocycles. The van der Waals surface area contributed by atoms with Gasteiger partial charge in [0.05, 0.1) is 10.7 Å². The molecular weight excluding hydrogens is 382 g/mol. The highest BCUT2D eigenvalue weighted by Gasteiger charge is 2.09. The van der Waals surface area contributed by atoms with E-state index in [1.54, 1.807) is 12.7 Å². The molecular formula is C23H22ClN5. The van der Waals surface area contributed by atoms with Crippen molar-refractivity contribution < 1.29 is 0 Å². The van der Waals surface area contributed by atoms with E-state index in [2.05, 4.69) is 51.0 Å². The van der Waals surface area contributed by atoms with Crippen molar-refractivity contribution in [2.75, 3.05) is 17.2 Å².